The van der Waals surface area contributed by atoms with Crippen molar-refractivity contribution in [3.8, 4) is 5.75 Å². The van der Waals surface area contributed by atoms with Crippen LogP contribution in [0.2, 0.25) is 0 Å². The lowest BCUT2D eigenvalue weighted by atomic mass is 10.3. The van der Waals surface area contributed by atoms with Gasteiger partial charge in [0.2, 0.25) is 0 Å². The number of hydrogen-bond acceptors (Lipinski definition) is 4. The molecule has 6 nitrogen and oxygen atoms in total. The van der Waals surface area contributed by atoms with Crippen LogP contribution < -0.4 is 19.5 Å². The number of nitrogens with zero attached hydrogens (tertiary/aromatic N) is 1. The molecule has 0 heterocycles. The first-order valence-electron chi connectivity index (χ1n) is 5.60. The monoisotopic (exact) mass is 273 g/mol. The molecule has 0 spiro atoms. The van der Waals surface area contributed by atoms with Gasteiger partial charge < -0.3 is 10.5 Å². The average Bonchev–Trinajstić information content (AvgIpc) is 2.39. The number of hydrogen-bond donors (Lipinski definition) is 2. The maximum atomic E-state index is 11.9. The van der Waals surface area contributed by atoms with Gasteiger partial charge in [-0.1, -0.05) is 0 Å². The number of rotatable bonds is 7. The Labute approximate surface area is 108 Å². The number of ether oxygens (including phenoxy) is 1. The topological polar surface area (TPSA) is 84.7 Å². The van der Waals surface area contributed by atoms with Crippen molar-refractivity contribution in [2.45, 2.75) is 6.42 Å². The SMILES string of the molecule is CNS(=O)(=O)N(CCCN)c1ccc(OC)cc1. The third-order valence-corrected chi connectivity index (χ3v) is 3.96. The highest BCUT2D eigenvalue weighted by atomic mass is 32.2. The van der Waals surface area contributed by atoms with E-state index in [-0.39, 0.29) is 0 Å². The maximum absolute atomic E-state index is 11.9. The summed E-state index contributed by atoms with van der Waals surface area (Å²) in [6.07, 6.45) is 0.590. The van der Waals surface area contributed by atoms with Crippen molar-refractivity contribution < 1.29 is 13.2 Å². The van der Waals surface area contributed by atoms with Gasteiger partial charge in [-0.3, -0.25) is 4.31 Å². The molecular formula is C11H19N3O3S. The number of benzene rings is 1. The van der Waals surface area contributed by atoms with Gasteiger partial charge in [0.05, 0.1) is 12.8 Å². The van der Waals surface area contributed by atoms with Crippen LogP contribution in [0.1, 0.15) is 6.42 Å². The first-order valence-corrected chi connectivity index (χ1v) is 7.04. The Kier molecular flexibility index (Phi) is 5.39. The smallest absolute Gasteiger partial charge is 0.301 e. The minimum atomic E-state index is -3.52. The van der Waals surface area contributed by atoms with Crippen molar-refractivity contribution in [3.63, 3.8) is 0 Å². The Hall–Kier alpha value is -1.31. The van der Waals surface area contributed by atoms with Crippen molar-refractivity contribution >= 4 is 15.9 Å². The number of methoxy groups -OCH3 is 1. The third kappa shape index (κ3) is 3.59. The molecule has 18 heavy (non-hydrogen) atoms. The predicted molar refractivity (Wildman–Crippen MR) is 72.0 cm³/mol. The molecule has 1 aromatic carbocycles. The van der Waals surface area contributed by atoms with Gasteiger partial charge in [-0.25, -0.2) is 4.72 Å². The normalized spacial score (nSPS) is 11.3. The number of nitrogens with one attached hydrogen (secondary N) is 1. The molecule has 3 N–H and O–H groups in total. The number of nitrogens with two attached hydrogens (primary N) is 1. The summed E-state index contributed by atoms with van der Waals surface area (Å²) >= 11 is 0. The van der Waals surface area contributed by atoms with Crippen LogP contribution in [0, 0.1) is 0 Å². The lowest BCUT2D eigenvalue weighted by Crippen LogP contribution is -2.40. The summed E-state index contributed by atoms with van der Waals surface area (Å²) in [4.78, 5) is 0. The molecule has 0 saturated heterocycles. The molecule has 0 unspecified atom stereocenters. The second-order valence-corrected chi connectivity index (χ2v) is 5.42. The Morgan fingerprint density at radius 2 is 1.94 bits per heavy atom. The van der Waals surface area contributed by atoms with E-state index >= 15 is 0 Å². The van der Waals surface area contributed by atoms with Crippen LogP contribution in [0.15, 0.2) is 24.3 Å². The number of anilines is 1. The molecule has 0 atom stereocenters. The lowest BCUT2D eigenvalue weighted by molar-refractivity contribution is 0.415. The van der Waals surface area contributed by atoms with Gasteiger partial charge in [-0.05, 0) is 37.2 Å². The summed E-state index contributed by atoms with van der Waals surface area (Å²) in [5.74, 6) is 0.680. The molecule has 1 aromatic rings. The molecule has 102 valence electrons. The molecule has 1 rings (SSSR count). The Bertz CT molecular complexity index is 459. The van der Waals surface area contributed by atoms with Crippen LogP contribution in [-0.2, 0) is 10.2 Å². The van der Waals surface area contributed by atoms with Crippen molar-refractivity contribution in [2.24, 2.45) is 5.73 Å². The zero-order chi connectivity index (χ0) is 13.6. The van der Waals surface area contributed by atoms with E-state index in [9.17, 15) is 8.42 Å². The standard InChI is InChI=1S/C11H19N3O3S/c1-13-18(15,16)14(9-3-8-12)10-4-6-11(17-2)7-5-10/h4-7,13H,3,8-9,12H2,1-2H3. The Morgan fingerprint density at radius 1 is 1.33 bits per heavy atom. The summed E-state index contributed by atoms with van der Waals surface area (Å²) in [6.45, 7) is 0.776. The van der Waals surface area contributed by atoms with E-state index in [0.717, 1.165) is 0 Å². The van der Waals surface area contributed by atoms with Gasteiger partial charge in [0, 0.05) is 13.6 Å². The molecule has 7 heteroatoms. The molecule has 0 aliphatic carbocycles. The fraction of sp³-hybridized carbons (Fsp3) is 0.455. The summed E-state index contributed by atoms with van der Waals surface area (Å²) in [5.41, 5.74) is 6.01. The van der Waals surface area contributed by atoms with Gasteiger partial charge >= 0.3 is 10.2 Å². The zero-order valence-electron chi connectivity index (χ0n) is 10.6. The van der Waals surface area contributed by atoms with Crippen molar-refractivity contribution in [1.29, 1.82) is 0 Å². The highest BCUT2D eigenvalue weighted by Gasteiger charge is 2.19. The van der Waals surface area contributed by atoms with Crippen molar-refractivity contribution in [3.05, 3.63) is 24.3 Å². The molecule has 0 fully saturated rings. The fourth-order valence-corrected chi connectivity index (χ4v) is 2.47. The Balaban J connectivity index is 3.01. The lowest BCUT2D eigenvalue weighted by Gasteiger charge is -2.23. The van der Waals surface area contributed by atoms with Gasteiger partial charge in [-0.2, -0.15) is 8.42 Å². The van der Waals surface area contributed by atoms with E-state index in [1.165, 1.54) is 11.4 Å². The highest BCUT2D eigenvalue weighted by molar-refractivity contribution is 7.90. The van der Waals surface area contributed by atoms with Crippen LogP contribution in [0.5, 0.6) is 5.75 Å². The first-order chi connectivity index (χ1) is 8.55. The molecule has 0 aromatic heterocycles. The second kappa shape index (κ2) is 6.58. The van der Waals surface area contributed by atoms with Crippen molar-refractivity contribution in [1.82, 2.24) is 4.72 Å². The predicted octanol–water partition coefficient (Wildman–Crippen LogP) is 0.315. The van der Waals surface area contributed by atoms with E-state index in [4.69, 9.17) is 10.5 Å². The van der Waals surface area contributed by atoms with E-state index < -0.39 is 10.2 Å². The van der Waals surface area contributed by atoms with Gasteiger partial charge in [0.1, 0.15) is 5.75 Å². The van der Waals surface area contributed by atoms with Crippen LogP contribution in [0.3, 0.4) is 0 Å². The third-order valence-electron chi connectivity index (χ3n) is 2.47. The molecule has 0 saturated carbocycles. The largest absolute Gasteiger partial charge is 0.497 e. The summed E-state index contributed by atoms with van der Waals surface area (Å²) in [5, 5.41) is 0. The van der Waals surface area contributed by atoms with E-state index in [2.05, 4.69) is 4.72 Å². The van der Waals surface area contributed by atoms with E-state index in [1.54, 1.807) is 31.4 Å². The first kappa shape index (κ1) is 14.7. The summed E-state index contributed by atoms with van der Waals surface area (Å²) in [6, 6.07) is 6.83. The zero-order valence-corrected chi connectivity index (χ0v) is 11.4. The van der Waals surface area contributed by atoms with Crippen LogP contribution in [-0.4, -0.2) is 35.7 Å². The molecule has 0 radical (unpaired) electrons. The van der Waals surface area contributed by atoms with E-state index in [0.29, 0.717) is 30.9 Å². The minimum Gasteiger partial charge on any atom is -0.497 e. The van der Waals surface area contributed by atoms with Gasteiger partial charge in [-0.15, -0.1) is 0 Å². The second-order valence-electron chi connectivity index (χ2n) is 3.62. The molecule has 0 aliphatic heterocycles. The van der Waals surface area contributed by atoms with Gasteiger partial charge in [0.15, 0.2) is 0 Å². The highest BCUT2D eigenvalue weighted by Crippen LogP contribution is 2.21. The fourth-order valence-electron chi connectivity index (χ4n) is 1.48. The van der Waals surface area contributed by atoms with E-state index in [1.807, 2.05) is 0 Å². The minimum absolute atomic E-state index is 0.339. The molecule has 0 aliphatic rings. The van der Waals surface area contributed by atoms with Gasteiger partial charge in [0.25, 0.3) is 0 Å². The molecular weight excluding hydrogens is 254 g/mol. The molecule has 0 amide bonds. The van der Waals surface area contributed by atoms with Crippen molar-refractivity contribution in [2.75, 3.05) is 31.6 Å². The molecule has 0 bridgehead atoms. The maximum Gasteiger partial charge on any atom is 0.301 e. The van der Waals surface area contributed by atoms with Crippen LogP contribution in [0.4, 0.5) is 5.69 Å². The average molecular weight is 273 g/mol. The van der Waals surface area contributed by atoms with Crippen LogP contribution in [0.25, 0.3) is 0 Å². The summed E-state index contributed by atoms with van der Waals surface area (Å²) < 4.78 is 32.4. The van der Waals surface area contributed by atoms with Crippen LogP contribution >= 0.6 is 0 Å². The quantitative estimate of drug-likeness (QED) is 0.749. The summed E-state index contributed by atoms with van der Waals surface area (Å²) in [7, 11) is -0.574. The Morgan fingerprint density at radius 3 is 2.39 bits per heavy atom.